The number of carbonyl (C=O) groups is 1. The van der Waals surface area contributed by atoms with Crippen molar-refractivity contribution in [1.29, 1.82) is 0 Å². The molecule has 0 saturated carbocycles. The van der Waals surface area contributed by atoms with Crippen LogP contribution >= 0.6 is 11.6 Å². The highest BCUT2D eigenvalue weighted by Gasteiger charge is 2.22. The van der Waals surface area contributed by atoms with E-state index in [1.165, 1.54) is 23.1 Å². The third-order valence-electron chi connectivity index (χ3n) is 3.16. The van der Waals surface area contributed by atoms with Gasteiger partial charge in [-0.1, -0.05) is 11.6 Å². The van der Waals surface area contributed by atoms with Crippen molar-refractivity contribution in [3.05, 3.63) is 47.2 Å². The van der Waals surface area contributed by atoms with Crippen LogP contribution in [-0.2, 0) is 4.74 Å². The monoisotopic (exact) mass is 366 g/mol. The lowest BCUT2D eigenvalue weighted by atomic mass is 10.2. The summed E-state index contributed by atoms with van der Waals surface area (Å²) in [7, 11) is 1.55. The number of hydrogen-bond acceptors (Lipinski definition) is 4. The molecular weight excluding hydrogens is 347 g/mol. The summed E-state index contributed by atoms with van der Waals surface area (Å²) in [4.78, 5) is 13.5. The van der Waals surface area contributed by atoms with Gasteiger partial charge in [-0.15, -0.1) is 0 Å². The number of carbonyl (C=O) groups excluding carboxylic acids is 1. The average Bonchev–Trinajstić information content (AvgIpc) is 2.50. The van der Waals surface area contributed by atoms with Crippen molar-refractivity contribution in [3.63, 3.8) is 0 Å². The quantitative estimate of drug-likeness (QED) is 0.756. The van der Waals surface area contributed by atoms with Crippen molar-refractivity contribution >= 4 is 29.1 Å². The Morgan fingerprint density at radius 1 is 1.16 bits per heavy atom. The van der Waals surface area contributed by atoms with E-state index in [2.05, 4.69) is 0 Å². The summed E-state index contributed by atoms with van der Waals surface area (Å²) in [5.41, 5.74) is 6.15. The van der Waals surface area contributed by atoms with Crippen molar-refractivity contribution in [3.8, 4) is 11.5 Å². The summed E-state index contributed by atoms with van der Waals surface area (Å²) in [6.45, 7) is 5.33. The highest BCUT2D eigenvalue weighted by molar-refractivity contribution is 6.30. The molecule has 0 atom stereocenters. The summed E-state index contributed by atoms with van der Waals surface area (Å²) < 4.78 is 24.2. The zero-order valence-corrected chi connectivity index (χ0v) is 15.2. The van der Waals surface area contributed by atoms with Gasteiger partial charge in [0.25, 0.3) is 0 Å². The molecule has 0 aliphatic carbocycles. The number of ether oxygens (including phenoxy) is 2. The molecule has 25 heavy (non-hydrogen) atoms. The topological polar surface area (TPSA) is 64.8 Å². The fourth-order valence-electron chi connectivity index (χ4n) is 1.98. The number of halogens is 2. The van der Waals surface area contributed by atoms with Gasteiger partial charge in [-0.3, -0.25) is 4.90 Å². The first kappa shape index (κ1) is 18.9. The lowest BCUT2D eigenvalue weighted by molar-refractivity contribution is 0.0589. The van der Waals surface area contributed by atoms with Crippen LogP contribution in [0.15, 0.2) is 36.4 Å². The molecule has 0 spiro atoms. The second kappa shape index (κ2) is 7.19. The van der Waals surface area contributed by atoms with Crippen LogP contribution in [0, 0.1) is 5.82 Å². The Labute approximate surface area is 151 Å². The zero-order valence-electron chi connectivity index (χ0n) is 14.5. The summed E-state index contributed by atoms with van der Waals surface area (Å²) in [5, 5.41) is -0.0426. The standard InChI is InChI=1S/C18H20ClFN2O3/c1-18(2,3)25-17(23)22(4)16-10-12(6-8-15(16)21)24-11-5-7-14(20)13(19)9-11/h5-10H,21H2,1-4H3. The van der Waals surface area contributed by atoms with Crippen molar-refractivity contribution < 1.29 is 18.7 Å². The first-order valence-electron chi connectivity index (χ1n) is 7.56. The van der Waals surface area contributed by atoms with E-state index in [1.54, 1.807) is 46.0 Å². The lowest BCUT2D eigenvalue weighted by Crippen LogP contribution is -2.34. The summed E-state index contributed by atoms with van der Waals surface area (Å²) in [6, 6.07) is 8.87. The molecule has 0 fully saturated rings. The minimum atomic E-state index is -0.626. The SMILES string of the molecule is CN(C(=O)OC(C)(C)C)c1cc(Oc2ccc(F)c(Cl)c2)ccc1N. The Kier molecular flexibility index (Phi) is 5.42. The number of amides is 1. The average molecular weight is 367 g/mol. The Morgan fingerprint density at radius 2 is 1.76 bits per heavy atom. The van der Waals surface area contributed by atoms with Crippen LogP contribution < -0.4 is 15.4 Å². The third kappa shape index (κ3) is 5.00. The Balaban J connectivity index is 2.24. The molecular formula is C18H20ClFN2O3. The van der Waals surface area contributed by atoms with Crippen molar-refractivity contribution in [2.75, 3.05) is 17.7 Å². The Hall–Kier alpha value is -2.47. The van der Waals surface area contributed by atoms with Gasteiger partial charge in [0.2, 0.25) is 0 Å². The molecule has 0 aliphatic heterocycles. The van der Waals surface area contributed by atoms with Gasteiger partial charge < -0.3 is 15.2 Å². The van der Waals surface area contributed by atoms with Gasteiger partial charge >= 0.3 is 6.09 Å². The van der Waals surface area contributed by atoms with E-state index in [1.807, 2.05) is 0 Å². The van der Waals surface area contributed by atoms with Gasteiger partial charge in [-0.05, 0) is 45.0 Å². The highest BCUT2D eigenvalue weighted by atomic mass is 35.5. The van der Waals surface area contributed by atoms with Crippen LogP contribution in [0.25, 0.3) is 0 Å². The molecule has 2 aromatic rings. The maximum absolute atomic E-state index is 13.2. The minimum Gasteiger partial charge on any atom is -0.457 e. The normalized spacial score (nSPS) is 11.1. The van der Waals surface area contributed by atoms with E-state index in [0.29, 0.717) is 22.9 Å². The number of rotatable bonds is 3. The van der Waals surface area contributed by atoms with Crippen molar-refractivity contribution in [2.24, 2.45) is 0 Å². The molecule has 7 heteroatoms. The number of benzene rings is 2. The fraction of sp³-hybridized carbons (Fsp3) is 0.278. The lowest BCUT2D eigenvalue weighted by Gasteiger charge is -2.25. The molecule has 0 unspecified atom stereocenters. The number of nitrogens with two attached hydrogens (primary N) is 1. The maximum Gasteiger partial charge on any atom is 0.414 e. The fourth-order valence-corrected chi connectivity index (χ4v) is 2.15. The maximum atomic E-state index is 13.2. The number of anilines is 2. The van der Waals surface area contributed by atoms with Crippen molar-refractivity contribution in [1.82, 2.24) is 0 Å². The van der Waals surface area contributed by atoms with Gasteiger partial charge in [-0.25, -0.2) is 9.18 Å². The second-order valence-electron chi connectivity index (χ2n) is 6.44. The molecule has 5 nitrogen and oxygen atoms in total. The first-order chi connectivity index (χ1) is 11.6. The van der Waals surface area contributed by atoms with Crippen LogP contribution in [0.3, 0.4) is 0 Å². The Bertz CT molecular complexity index is 790. The molecule has 0 radical (unpaired) electrons. The molecule has 1 amide bonds. The first-order valence-corrected chi connectivity index (χ1v) is 7.94. The van der Waals surface area contributed by atoms with Crippen LogP contribution in [0.5, 0.6) is 11.5 Å². The molecule has 134 valence electrons. The van der Waals surface area contributed by atoms with E-state index in [-0.39, 0.29) is 5.02 Å². The van der Waals surface area contributed by atoms with E-state index >= 15 is 0 Å². The summed E-state index contributed by atoms with van der Waals surface area (Å²) >= 11 is 5.75. The van der Waals surface area contributed by atoms with E-state index in [0.717, 1.165) is 0 Å². The largest absolute Gasteiger partial charge is 0.457 e. The van der Waals surface area contributed by atoms with Crippen LogP contribution in [0.1, 0.15) is 20.8 Å². The van der Waals surface area contributed by atoms with E-state index < -0.39 is 17.5 Å². The van der Waals surface area contributed by atoms with Gasteiger partial charge in [0.05, 0.1) is 16.4 Å². The van der Waals surface area contributed by atoms with E-state index in [4.69, 9.17) is 26.8 Å². The molecule has 2 aromatic carbocycles. The van der Waals surface area contributed by atoms with Gasteiger partial charge in [0.15, 0.2) is 0 Å². The van der Waals surface area contributed by atoms with Crippen LogP contribution in [-0.4, -0.2) is 18.7 Å². The number of hydrogen-bond donors (Lipinski definition) is 1. The van der Waals surface area contributed by atoms with Crippen LogP contribution in [0.2, 0.25) is 5.02 Å². The Morgan fingerprint density at radius 3 is 2.36 bits per heavy atom. The molecule has 0 heterocycles. The third-order valence-corrected chi connectivity index (χ3v) is 3.45. The van der Waals surface area contributed by atoms with Gasteiger partial charge in [0, 0.05) is 19.2 Å². The molecule has 0 bridgehead atoms. The smallest absolute Gasteiger partial charge is 0.414 e. The van der Waals surface area contributed by atoms with E-state index in [9.17, 15) is 9.18 Å². The molecule has 2 N–H and O–H groups in total. The number of nitrogens with zero attached hydrogens (tertiary/aromatic N) is 1. The minimum absolute atomic E-state index is 0.0426. The second-order valence-corrected chi connectivity index (χ2v) is 6.85. The summed E-state index contributed by atoms with van der Waals surface area (Å²) in [6.07, 6.45) is -0.541. The molecule has 2 rings (SSSR count). The van der Waals surface area contributed by atoms with Crippen molar-refractivity contribution in [2.45, 2.75) is 26.4 Å². The number of nitrogen functional groups attached to an aromatic ring is 1. The predicted octanol–water partition coefficient (Wildman–Crippen LogP) is 5.22. The predicted molar refractivity (Wildman–Crippen MR) is 97.0 cm³/mol. The highest BCUT2D eigenvalue weighted by Crippen LogP contribution is 2.32. The van der Waals surface area contributed by atoms with Crippen LogP contribution in [0.4, 0.5) is 20.6 Å². The molecule has 0 aliphatic rings. The molecule has 0 saturated heterocycles. The zero-order chi connectivity index (χ0) is 18.8. The summed E-state index contributed by atoms with van der Waals surface area (Å²) in [5.74, 6) is 0.251. The van der Waals surface area contributed by atoms with Gasteiger partial charge in [-0.2, -0.15) is 0 Å². The van der Waals surface area contributed by atoms with Gasteiger partial charge in [0.1, 0.15) is 22.9 Å². The molecule has 0 aromatic heterocycles.